The van der Waals surface area contributed by atoms with E-state index in [9.17, 15) is 14.4 Å². The zero-order valence-corrected chi connectivity index (χ0v) is 12.4. The molecule has 0 radical (unpaired) electrons. The number of aliphatic imine (C=N–C) groups is 3. The van der Waals surface area contributed by atoms with Gasteiger partial charge in [-0.3, -0.25) is 0 Å². The minimum Gasteiger partial charge on any atom is -0.211 e. The number of carbonyl (C=O) groups excluding carboxylic acids is 3. The lowest BCUT2D eigenvalue weighted by molar-refractivity contribution is 0.487. The SMILES string of the molecule is O=C=NCCCCCCC(CCCCCN=C=O)N=C=O. The van der Waals surface area contributed by atoms with E-state index in [0.717, 1.165) is 57.8 Å². The zero-order chi connectivity index (χ0) is 15.6. The van der Waals surface area contributed by atoms with Crippen molar-refractivity contribution in [3.05, 3.63) is 0 Å². The summed E-state index contributed by atoms with van der Waals surface area (Å²) in [7, 11) is 0. The molecule has 6 heteroatoms. The van der Waals surface area contributed by atoms with Crippen LogP contribution in [0.3, 0.4) is 0 Å². The van der Waals surface area contributed by atoms with Gasteiger partial charge < -0.3 is 0 Å². The van der Waals surface area contributed by atoms with Gasteiger partial charge in [-0.1, -0.05) is 32.1 Å². The summed E-state index contributed by atoms with van der Waals surface area (Å²) in [6.45, 7) is 1.07. The second-order valence-corrected chi connectivity index (χ2v) is 4.87. The maximum absolute atomic E-state index is 10.4. The first-order chi connectivity index (χ1) is 10.3. The van der Waals surface area contributed by atoms with E-state index < -0.39 is 0 Å². The Bertz CT molecular complexity index is 393. The van der Waals surface area contributed by atoms with E-state index in [1.54, 1.807) is 6.08 Å². The molecule has 0 rings (SSSR count). The van der Waals surface area contributed by atoms with Crippen LogP contribution in [0.15, 0.2) is 15.0 Å². The average molecular weight is 293 g/mol. The monoisotopic (exact) mass is 293 g/mol. The number of rotatable bonds is 14. The zero-order valence-electron chi connectivity index (χ0n) is 12.4. The lowest BCUT2D eigenvalue weighted by Gasteiger charge is -2.09. The molecule has 21 heavy (non-hydrogen) atoms. The first kappa shape index (κ1) is 19.1. The van der Waals surface area contributed by atoms with E-state index in [2.05, 4.69) is 15.0 Å². The molecule has 6 nitrogen and oxygen atoms in total. The normalized spacial score (nSPS) is 10.9. The van der Waals surface area contributed by atoms with Crippen molar-refractivity contribution in [3.8, 4) is 0 Å². The van der Waals surface area contributed by atoms with Gasteiger partial charge in [0, 0.05) is 0 Å². The lowest BCUT2D eigenvalue weighted by atomic mass is 10.0. The summed E-state index contributed by atoms with van der Waals surface area (Å²) in [6, 6.07) is 0.0464. The topological polar surface area (TPSA) is 88.3 Å². The van der Waals surface area contributed by atoms with Gasteiger partial charge in [-0.2, -0.15) is 0 Å². The second-order valence-electron chi connectivity index (χ2n) is 4.87. The second kappa shape index (κ2) is 16.2. The predicted octanol–water partition coefficient (Wildman–Crippen LogP) is 2.87. The quantitative estimate of drug-likeness (QED) is 0.280. The molecule has 0 bridgehead atoms. The first-order valence-corrected chi connectivity index (χ1v) is 7.49. The Morgan fingerprint density at radius 2 is 1.10 bits per heavy atom. The molecular formula is C15H23N3O3. The Morgan fingerprint density at radius 1 is 0.619 bits per heavy atom. The lowest BCUT2D eigenvalue weighted by Crippen LogP contribution is -2.04. The van der Waals surface area contributed by atoms with Gasteiger partial charge in [0.1, 0.15) is 0 Å². The predicted molar refractivity (Wildman–Crippen MR) is 79.4 cm³/mol. The van der Waals surface area contributed by atoms with Crippen LogP contribution in [0.2, 0.25) is 0 Å². The molecule has 0 aliphatic carbocycles. The molecule has 1 unspecified atom stereocenters. The van der Waals surface area contributed by atoms with E-state index in [1.807, 2.05) is 0 Å². The molecule has 0 aliphatic rings. The van der Waals surface area contributed by atoms with E-state index in [-0.39, 0.29) is 6.04 Å². The Balaban J connectivity index is 3.64. The Kier molecular flexibility index (Phi) is 14.8. The van der Waals surface area contributed by atoms with Crippen molar-refractivity contribution in [1.82, 2.24) is 0 Å². The number of hydrogen-bond acceptors (Lipinski definition) is 6. The number of unbranched alkanes of at least 4 members (excludes halogenated alkanes) is 5. The van der Waals surface area contributed by atoms with Gasteiger partial charge in [-0.25, -0.2) is 29.4 Å². The molecule has 0 saturated heterocycles. The highest BCUT2D eigenvalue weighted by atomic mass is 16.1. The minimum absolute atomic E-state index is 0.0464. The molecule has 116 valence electrons. The number of hydrogen-bond donors (Lipinski definition) is 0. The largest absolute Gasteiger partial charge is 0.235 e. The van der Waals surface area contributed by atoms with Crippen LogP contribution in [0.1, 0.15) is 57.8 Å². The maximum Gasteiger partial charge on any atom is 0.235 e. The maximum atomic E-state index is 10.4. The molecule has 0 aromatic heterocycles. The Morgan fingerprint density at radius 3 is 1.57 bits per heavy atom. The standard InChI is InChI=1S/C15H23N3O3/c19-12-16-10-6-2-1-4-8-15(18-14-21)9-5-3-7-11-17-13-20/h15H,1-11H2. The minimum atomic E-state index is 0.0464. The van der Waals surface area contributed by atoms with E-state index in [0.29, 0.717) is 13.1 Å². The van der Waals surface area contributed by atoms with Crippen LogP contribution in [0.25, 0.3) is 0 Å². The van der Waals surface area contributed by atoms with E-state index >= 15 is 0 Å². The van der Waals surface area contributed by atoms with Gasteiger partial charge in [-0.05, 0) is 25.7 Å². The molecular weight excluding hydrogens is 270 g/mol. The van der Waals surface area contributed by atoms with Gasteiger partial charge >= 0.3 is 0 Å². The molecule has 0 aromatic carbocycles. The highest BCUT2D eigenvalue weighted by Crippen LogP contribution is 2.14. The number of isocyanates is 3. The van der Waals surface area contributed by atoms with Crippen LogP contribution in [0, 0.1) is 0 Å². The summed E-state index contributed by atoms with van der Waals surface area (Å²) in [5.41, 5.74) is 0. The van der Waals surface area contributed by atoms with E-state index in [1.165, 1.54) is 12.2 Å². The van der Waals surface area contributed by atoms with Crippen LogP contribution < -0.4 is 0 Å². The van der Waals surface area contributed by atoms with Crippen LogP contribution in [-0.4, -0.2) is 37.4 Å². The summed E-state index contributed by atoms with van der Waals surface area (Å²) in [5, 5.41) is 0. The molecule has 0 heterocycles. The first-order valence-electron chi connectivity index (χ1n) is 7.49. The van der Waals surface area contributed by atoms with Gasteiger partial charge in [-0.15, -0.1) is 0 Å². The molecule has 1 atom stereocenters. The summed E-state index contributed by atoms with van der Waals surface area (Å²) >= 11 is 0. The van der Waals surface area contributed by atoms with Crippen molar-refractivity contribution < 1.29 is 14.4 Å². The van der Waals surface area contributed by atoms with Gasteiger partial charge in [0.2, 0.25) is 18.2 Å². The molecule has 0 spiro atoms. The van der Waals surface area contributed by atoms with Gasteiger partial charge in [0.25, 0.3) is 0 Å². The van der Waals surface area contributed by atoms with Crippen LogP contribution in [0.4, 0.5) is 0 Å². The van der Waals surface area contributed by atoms with Gasteiger partial charge in [0.05, 0.1) is 19.1 Å². The van der Waals surface area contributed by atoms with Crippen molar-refractivity contribution >= 4 is 18.2 Å². The molecule has 0 N–H and O–H groups in total. The third-order valence-corrected chi connectivity index (χ3v) is 3.23. The van der Waals surface area contributed by atoms with Crippen LogP contribution >= 0.6 is 0 Å². The number of nitrogens with zero attached hydrogens (tertiary/aromatic N) is 3. The molecule has 0 saturated carbocycles. The fourth-order valence-corrected chi connectivity index (χ4v) is 2.11. The molecule has 0 aliphatic heterocycles. The van der Waals surface area contributed by atoms with Crippen LogP contribution in [-0.2, 0) is 14.4 Å². The molecule has 0 fully saturated rings. The van der Waals surface area contributed by atoms with Crippen molar-refractivity contribution in [2.75, 3.05) is 13.1 Å². The summed E-state index contributed by atoms with van der Waals surface area (Å²) in [4.78, 5) is 41.0. The highest BCUT2D eigenvalue weighted by Gasteiger charge is 2.06. The van der Waals surface area contributed by atoms with Crippen molar-refractivity contribution in [2.24, 2.45) is 15.0 Å². The van der Waals surface area contributed by atoms with E-state index in [4.69, 9.17) is 0 Å². The Labute approximate surface area is 125 Å². The summed E-state index contributed by atoms with van der Waals surface area (Å²) < 4.78 is 0. The third kappa shape index (κ3) is 14.4. The summed E-state index contributed by atoms with van der Waals surface area (Å²) in [6.07, 6.45) is 13.2. The average Bonchev–Trinajstić information content (AvgIpc) is 2.49. The highest BCUT2D eigenvalue weighted by molar-refractivity contribution is 5.33. The molecule has 0 aromatic rings. The summed E-state index contributed by atoms with van der Waals surface area (Å²) in [5.74, 6) is 0. The fraction of sp³-hybridized carbons (Fsp3) is 0.800. The van der Waals surface area contributed by atoms with Crippen molar-refractivity contribution in [1.29, 1.82) is 0 Å². The smallest absolute Gasteiger partial charge is 0.211 e. The van der Waals surface area contributed by atoms with Gasteiger partial charge in [0.15, 0.2) is 0 Å². The Hall–Kier alpha value is -1.86. The third-order valence-electron chi connectivity index (χ3n) is 3.23. The van der Waals surface area contributed by atoms with Crippen molar-refractivity contribution in [3.63, 3.8) is 0 Å². The fourth-order valence-electron chi connectivity index (χ4n) is 2.11. The van der Waals surface area contributed by atoms with Crippen molar-refractivity contribution in [2.45, 2.75) is 63.8 Å². The van der Waals surface area contributed by atoms with Crippen LogP contribution in [0.5, 0.6) is 0 Å². The molecule has 0 amide bonds.